The topological polar surface area (TPSA) is 163 Å². The number of ether oxygens (including phenoxy) is 1. The van der Waals surface area contributed by atoms with Crippen LogP contribution in [0.2, 0.25) is 0 Å². The van der Waals surface area contributed by atoms with Gasteiger partial charge in [0.2, 0.25) is 10.0 Å². The van der Waals surface area contributed by atoms with Gasteiger partial charge in [0.1, 0.15) is 11.6 Å². The van der Waals surface area contributed by atoms with Gasteiger partial charge in [-0.3, -0.25) is 15.6 Å². The van der Waals surface area contributed by atoms with Crippen molar-refractivity contribution in [1.29, 1.82) is 5.41 Å². The third-order valence-corrected chi connectivity index (χ3v) is 7.19. The van der Waals surface area contributed by atoms with Crippen LogP contribution in [0.3, 0.4) is 0 Å². The summed E-state index contributed by atoms with van der Waals surface area (Å²) in [5.74, 6) is 0.182. The van der Waals surface area contributed by atoms with Gasteiger partial charge in [0, 0.05) is 22.9 Å². The fourth-order valence-electron chi connectivity index (χ4n) is 4.39. The van der Waals surface area contributed by atoms with Gasteiger partial charge >= 0.3 is 12.2 Å². The Hall–Kier alpha value is -5.00. The molecule has 11 heteroatoms. The summed E-state index contributed by atoms with van der Waals surface area (Å²) < 4.78 is 29.2. The molecule has 10 nitrogen and oxygen atoms in total. The fourth-order valence-corrected chi connectivity index (χ4v) is 5.15. The van der Waals surface area contributed by atoms with Gasteiger partial charge in [-0.05, 0) is 60.9 Å². The van der Waals surface area contributed by atoms with Crippen molar-refractivity contribution in [2.75, 3.05) is 4.90 Å². The lowest BCUT2D eigenvalue weighted by Crippen LogP contribution is -2.39. The van der Waals surface area contributed by atoms with Crippen LogP contribution in [0, 0.1) is 5.41 Å². The molecule has 0 spiro atoms. The smallest absolute Gasteiger partial charge is 0.418 e. The number of sulfonamides is 1. The van der Waals surface area contributed by atoms with Gasteiger partial charge < -0.3 is 9.84 Å². The summed E-state index contributed by atoms with van der Waals surface area (Å²) in [5, 5.41) is 26.0. The first-order chi connectivity index (χ1) is 19.5. The second kappa shape index (κ2) is 12.5. The molecule has 0 fully saturated rings. The van der Waals surface area contributed by atoms with Crippen molar-refractivity contribution < 1.29 is 27.9 Å². The molecule has 0 saturated heterocycles. The predicted molar refractivity (Wildman–Crippen MR) is 156 cm³/mol. The van der Waals surface area contributed by atoms with Crippen LogP contribution in [0.4, 0.5) is 15.3 Å². The van der Waals surface area contributed by atoms with E-state index in [1.807, 2.05) is 6.07 Å². The van der Waals surface area contributed by atoms with Crippen molar-refractivity contribution in [1.82, 2.24) is 5.32 Å². The van der Waals surface area contributed by atoms with Gasteiger partial charge in [-0.25, -0.2) is 23.1 Å². The van der Waals surface area contributed by atoms with Crippen molar-refractivity contribution >= 4 is 33.7 Å². The van der Waals surface area contributed by atoms with Crippen LogP contribution in [-0.4, -0.2) is 37.6 Å². The minimum Gasteiger partial charge on any atom is -0.465 e. The molecule has 0 aliphatic rings. The third kappa shape index (κ3) is 7.35. The summed E-state index contributed by atoms with van der Waals surface area (Å²) in [5.41, 5.74) is 2.57. The maximum absolute atomic E-state index is 12.3. The SMILES string of the molecule is CC(Cc1cccc(C(=N)NC(=O)Oc2ccccc2)c1)N(C(=O)O)c1ccc(-c2ccccc2S(N)(=O)=O)cc1. The van der Waals surface area contributed by atoms with E-state index in [-0.39, 0.29) is 10.7 Å². The quantitative estimate of drug-likeness (QED) is 0.167. The largest absolute Gasteiger partial charge is 0.465 e. The number of hydrogen-bond donors (Lipinski definition) is 4. The van der Waals surface area contributed by atoms with Gasteiger partial charge in [-0.1, -0.05) is 66.7 Å². The molecule has 0 aromatic heterocycles. The Morgan fingerprint density at radius 1 is 0.951 bits per heavy atom. The van der Waals surface area contributed by atoms with Gasteiger partial charge in [0.05, 0.1) is 4.90 Å². The van der Waals surface area contributed by atoms with E-state index in [9.17, 15) is 23.1 Å². The lowest BCUT2D eigenvalue weighted by molar-refractivity contribution is 0.199. The van der Waals surface area contributed by atoms with Crippen molar-refractivity contribution in [3.8, 4) is 16.9 Å². The molecule has 0 saturated carbocycles. The molecule has 0 aliphatic carbocycles. The number of carbonyl (C=O) groups excluding carboxylic acids is 1. The summed E-state index contributed by atoms with van der Waals surface area (Å²) in [6.45, 7) is 1.76. The van der Waals surface area contributed by atoms with Gasteiger partial charge in [-0.15, -0.1) is 0 Å². The summed E-state index contributed by atoms with van der Waals surface area (Å²) in [7, 11) is -3.95. The van der Waals surface area contributed by atoms with E-state index < -0.39 is 28.3 Å². The maximum Gasteiger partial charge on any atom is 0.418 e. The van der Waals surface area contributed by atoms with E-state index in [2.05, 4.69) is 5.32 Å². The van der Waals surface area contributed by atoms with Crippen LogP contribution in [0.25, 0.3) is 11.1 Å². The van der Waals surface area contributed by atoms with Crippen molar-refractivity contribution in [2.24, 2.45) is 5.14 Å². The molecule has 1 unspecified atom stereocenters. The molecule has 2 amide bonds. The number of benzene rings is 4. The monoisotopic (exact) mass is 572 g/mol. The average Bonchev–Trinajstić information content (AvgIpc) is 2.93. The molecular weight excluding hydrogens is 544 g/mol. The highest BCUT2D eigenvalue weighted by Crippen LogP contribution is 2.29. The van der Waals surface area contributed by atoms with Crippen LogP contribution in [0.1, 0.15) is 18.1 Å². The predicted octanol–water partition coefficient (Wildman–Crippen LogP) is 5.23. The molecule has 4 aromatic carbocycles. The molecule has 4 aromatic rings. The summed E-state index contributed by atoms with van der Waals surface area (Å²) in [4.78, 5) is 25.6. The van der Waals surface area contributed by atoms with Crippen LogP contribution >= 0.6 is 0 Å². The summed E-state index contributed by atoms with van der Waals surface area (Å²) in [6.07, 6.45) is -1.64. The highest BCUT2D eigenvalue weighted by atomic mass is 32.2. The average molecular weight is 573 g/mol. The number of nitrogens with one attached hydrogen (secondary N) is 2. The molecule has 4 rings (SSSR count). The molecule has 5 N–H and O–H groups in total. The Labute approximate surface area is 237 Å². The van der Waals surface area contributed by atoms with Crippen LogP contribution in [0.5, 0.6) is 5.75 Å². The molecule has 1 atom stereocenters. The minimum atomic E-state index is -3.95. The zero-order chi connectivity index (χ0) is 29.6. The fraction of sp³-hybridized carbons (Fsp3) is 0.100. The molecule has 0 radical (unpaired) electrons. The van der Waals surface area contributed by atoms with Crippen LogP contribution in [0.15, 0.2) is 108 Å². The van der Waals surface area contributed by atoms with E-state index in [0.717, 1.165) is 5.56 Å². The molecule has 0 heterocycles. The van der Waals surface area contributed by atoms with Gasteiger partial charge in [0.25, 0.3) is 0 Å². The first kappa shape index (κ1) is 29.0. The number of amides is 2. The number of anilines is 1. The van der Waals surface area contributed by atoms with Crippen molar-refractivity contribution in [3.63, 3.8) is 0 Å². The van der Waals surface area contributed by atoms with Gasteiger partial charge in [0.15, 0.2) is 0 Å². The standard InChI is InChI=1S/C30H28N4O6S/c1-20(18-21-8-7-9-23(19-21)28(31)33-29(35)40-25-10-3-2-4-11-25)34(30(36)37)24-16-14-22(15-17-24)26-12-5-6-13-27(26)41(32,38)39/h2-17,19-20H,18H2,1H3,(H,36,37)(H2,31,33,35)(H2,32,38,39). The number of primary sulfonamides is 1. The highest BCUT2D eigenvalue weighted by molar-refractivity contribution is 7.89. The lowest BCUT2D eigenvalue weighted by atomic mass is 10.0. The summed E-state index contributed by atoms with van der Waals surface area (Å²) in [6, 6.07) is 27.7. The number of hydrogen-bond acceptors (Lipinski definition) is 6. The number of carbonyl (C=O) groups is 2. The van der Waals surface area contributed by atoms with Crippen LogP contribution < -0.4 is 20.1 Å². The maximum atomic E-state index is 12.3. The van der Waals surface area contributed by atoms with Crippen molar-refractivity contribution in [3.05, 3.63) is 114 Å². The summed E-state index contributed by atoms with van der Waals surface area (Å²) >= 11 is 0. The van der Waals surface area contributed by atoms with E-state index in [0.29, 0.717) is 34.5 Å². The lowest BCUT2D eigenvalue weighted by Gasteiger charge is -2.27. The number of amidine groups is 1. The minimum absolute atomic E-state index is 0.0236. The number of rotatable bonds is 8. The highest BCUT2D eigenvalue weighted by Gasteiger charge is 2.23. The second-order valence-electron chi connectivity index (χ2n) is 9.20. The Morgan fingerprint density at radius 3 is 2.27 bits per heavy atom. The third-order valence-electron chi connectivity index (χ3n) is 6.22. The first-order valence-electron chi connectivity index (χ1n) is 12.5. The van der Waals surface area contributed by atoms with E-state index >= 15 is 0 Å². The zero-order valence-corrected chi connectivity index (χ0v) is 22.8. The van der Waals surface area contributed by atoms with Crippen molar-refractivity contribution in [2.45, 2.75) is 24.3 Å². The molecular formula is C30H28N4O6S. The zero-order valence-electron chi connectivity index (χ0n) is 22.0. The van der Waals surface area contributed by atoms with E-state index in [1.54, 1.807) is 97.9 Å². The first-order valence-corrected chi connectivity index (χ1v) is 14.0. The van der Waals surface area contributed by atoms with Crippen LogP contribution in [-0.2, 0) is 16.4 Å². The molecule has 210 valence electrons. The normalized spacial score (nSPS) is 11.8. The number of para-hydroxylation sites is 1. The Kier molecular flexibility index (Phi) is 8.81. The number of nitrogens with two attached hydrogens (primary N) is 1. The van der Waals surface area contributed by atoms with Gasteiger partial charge in [-0.2, -0.15) is 0 Å². The van der Waals surface area contributed by atoms with E-state index in [4.69, 9.17) is 15.3 Å². The number of carboxylic acid groups (broad SMARTS) is 1. The second-order valence-corrected chi connectivity index (χ2v) is 10.7. The Bertz CT molecular complexity index is 1670. The molecule has 41 heavy (non-hydrogen) atoms. The molecule has 0 aliphatic heterocycles. The Morgan fingerprint density at radius 2 is 1.61 bits per heavy atom. The Balaban J connectivity index is 1.48. The van der Waals surface area contributed by atoms with E-state index in [1.165, 1.54) is 11.0 Å². The molecule has 0 bridgehead atoms. The number of nitrogens with zero attached hydrogens (tertiary/aromatic N) is 1.